The molecule has 5 heteroatoms. The molecular formula is C15H18N2O3. The second-order valence-electron chi connectivity index (χ2n) is 5.60. The molecule has 0 fully saturated rings. The summed E-state index contributed by atoms with van der Waals surface area (Å²) in [5.41, 5.74) is 0.443. The summed E-state index contributed by atoms with van der Waals surface area (Å²) in [4.78, 5) is 23.7. The third kappa shape index (κ3) is 2.99. The number of carbonyl (C=O) groups excluding carboxylic acids is 1. The molecule has 1 heterocycles. The number of nitrogens with one attached hydrogen (secondary N) is 1. The maximum atomic E-state index is 11.9. The molecule has 1 N–H and O–H groups in total. The van der Waals surface area contributed by atoms with E-state index in [4.69, 9.17) is 4.74 Å². The van der Waals surface area contributed by atoms with Crippen LogP contribution in [0.15, 0.2) is 35.1 Å². The van der Waals surface area contributed by atoms with Crippen LogP contribution in [0.5, 0.6) is 0 Å². The lowest BCUT2D eigenvalue weighted by molar-refractivity contribution is 0.0636. The molecule has 2 rings (SSSR count). The number of pyridine rings is 1. The van der Waals surface area contributed by atoms with Gasteiger partial charge in [0.25, 0.3) is 5.56 Å². The number of rotatable bonds is 1. The summed E-state index contributed by atoms with van der Waals surface area (Å²) in [5, 5.41) is 3.43. The van der Waals surface area contributed by atoms with Crippen molar-refractivity contribution in [3.63, 3.8) is 0 Å². The fourth-order valence-corrected chi connectivity index (χ4v) is 1.93. The Labute approximate surface area is 117 Å². The number of nitrogens with zero attached hydrogens (tertiary/aromatic N) is 1. The van der Waals surface area contributed by atoms with Crippen molar-refractivity contribution in [2.24, 2.45) is 7.05 Å². The molecule has 0 radical (unpaired) electrons. The molecule has 0 saturated heterocycles. The summed E-state index contributed by atoms with van der Waals surface area (Å²) in [7, 11) is 1.70. The predicted octanol–water partition coefficient (Wildman–Crippen LogP) is 2.89. The van der Waals surface area contributed by atoms with Crippen LogP contribution in [0.4, 0.5) is 10.5 Å². The first-order valence-electron chi connectivity index (χ1n) is 6.37. The lowest BCUT2D eigenvalue weighted by Gasteiger charge is -2.20. The summed E-state index contributed by atoms with van der Waals surface area (Å²) in [5.74, 6) is 0. The lowest BCUT2D eigenvalue weighted by Crippen LogP contribution is -2.28. The van der Waals surface area contributed by atoms with E-state index in [-0.39, 0.29) is 5.56 Å². The van der Waals surface area contributed by atoms with Crippen LogP contribution in [-0.4, -0.2) is 16.3 Å². The molecule has 0 aliphatic rings. The van der Waals surface area contributed by atoms with Gasteiger partial charge in [-0.25, -0.2) is 4.79 Å². The first kappa shape index (κ1) is 14.1. The number of fused-ring (bicyclic) bond motifs is 1. The maximum Gasteiger partial charge on any atom is 0.412 e. The number of aromatic nitrogens is 1. The minimum atomic E-state index is -0.584. The van der Waals surface area contributed by atoms with E-state index in [9.17, 15) is 9.59 Å². The summed E-state index contributed by atoms with van der Waals surface area (Å²) in [6, 6.07) is 8.77. The number of para-hydroxylation sites is 1. The van der Waals surface area contributed by atoms with Gasteiger partial charge in [0.15, 0.2) is 0 Å². The predicted molar refractivity (Wildman–Crippen MR) is 79.0 cm³/mol. The average Bonchev–Trinajstić information content (AvgIpc) is 2.33. The van der Waals surface area contributed by atoms with E-state index in [0.717, 1.165) is 10.9 Å². The number of aryl methyl sites for hydroxylation is 1. The van der Waals surface area contributed by atoms with E-state index in [0.29, 0.717) is 5.69 Å². The zero-order chi connectivity index (χ0) is 14.9. The number of amides is 1. The Morgan fingerprint density at radius 3 is 2.55 bits per heavy atom. The van der Waals surface area contributed by atoms with Gasteiger partial charge in [-0.1, -0.05) is 18.2 Å². The SMILES string of the molecule is Cn1c(=O)cc(NC(=O)OC(C)(C)C)c2ccccc21. The van der Waals surface area contributed by atoms with Crippen molar-refractivity contribution in [3.05, 3.63) is 40.7 Å². The van der Waals surface area contributed by atoms with Crippen molar-refractivity contribution in [2.45, 2.75) is 26.4 Å². The van der Waals surface area contributed by atoms with E-state index >= 15 is 0 Å². The number of hydrogen-bond acceptors (Lipinski definition) is 3. The minimum Gasteiger partial charge on any atom is -0.444 e. The van der Waals surface area contributed by atoms with Gasteiger partial charge in [0.05, 0.1) is 11.2 Å². The van der Waals surface area contributed by atoms with Gasteiger partial charge < -0.3 is 9.30 Å². The maximum absolute atomic E-state index is 11.9. The van der Waals surface area contributed by atoms with Crippen LogP contribution in [0, 0.1) is 0 Å². The third-order valence-corrected chi connectivity index (χ3v) is 2.79. The molecule has 20 heavy (non-hydrogen) atoms. The van der Waals surface area contributed by atoms with Crippen molar-refractivity contribution in [2.75, 3.05) is 5.32 Å². The van der Waals surface area contributed by atoms with Crippen molar-refractivity contribution >= 4 is 22.7 Å². The van der Waals surface area contributed by atoms with Gasteiger partial charge in [0.2, 0.25) is 0 Å². The standard InChI is InChI=1S/C15H18N2O3/c1-15(2,3)20-14(19)16-11-9-13(18)17(4)12-8-6-5-7-10(11)12/h5-9H,1-4H3,(H,16,19). The molecule has 5 nitrogen and oxygen atoms in total. The Kier molecular flexibility index (Phi) is 3.53. The highest BCUT2D eigenvalue weighted by molar-refractivity contribution is 5.98. The molecule has 0 aliphatic heterocycles. The van der Waals surface area contributed by atoms with E-state index < -0.39 is 11.7 Å². The first-order chi connectivity index (χ1) is 9.28. The van der Waals surface area contributed by atoms with Crippen molar-refractivity contribution < 1.29 is 9.53 Å². The average molecular weight is 274 g/mol. The van der Waals surface area contributed by atoms with Gasteiger partial charge in [0, 0.05) is 18.5 Å². The Balaban J connectivity index is 2.43. The van der Waals surface area contributed by atoms with Crippen LogP contribution in [-0.2, 0) is 11.8 Å². The number of benzene rings is 1. The van der Waals surface area contributed by atoms with E-state index in [1.807, 2.05) is 24.3 Å². The third-order valence-electron chi connectivity index (χ3n) is 2.79. The minimum absolute atomic E-state index is 0.185. The fraction of sp³-hybridized carbons (Fsp3) is 0.333. The van der Waals surface area contributed by atoms with Crippen LogP contribution in [0.1, 0.15) is 20.8 Å². The molecule has 0 saturated carbocycles. The number of ether oxygens (including phenoxy) is 1. The van der Waals surface area contributed by atoms with Crippen LogP contribution >= 0.6 is 0 Å². The highest BCUT2D eigenvalue weighted by Gasteiger charge is 2.17. The molecule has 1 aromatic heterocycles. The number of hydrogen-bond donors (Lipinski definition) is 1. The van der Waals surface area contributed by atoms with Crippen LogP contribution in [0.2, 0.25) is 0 Å². The van der Waals surface area contributed by atoms with Crippen molar-refractivity contribution in [1.29, 1.82) is 0 Å². The smallest absolute Gasteiger partial charge is 0.412 e. The Bertz CT molecular complexity index is 711. The zero-order valence-electron chi connectivity index (χ0n) is 12.1. The van der Waals surface area contributed by atoms with Crippen LogP contribution < -0.4 is 10.9 Å². The molecule has 1 amide bonds. The van der Waals surface area contributed by atoms with Crippen LogP contribution in [0.25, 0.3) is 10.9 Å². The molecule has 2 aromatic rings. The van der Waals surface area contributed by atoms with Crippen molar-refractivity contribution in [1.82, 2.24) is 4.57 Å². The molecule has 0 bridgehead atoms. The molecule has 0 unspecified atom stereocenters. The van der Waals surface area contributed by atoms with Gasteiger partial charge in [0.1, 0.15) is 5.60 Å². The Morgan fingerprint density at radius 1 is 1.25 bits per heavy atom. The summed E-state index contributed by atoms with van der Waals surface area (Å²) >= 11 is 0. The van der Waals surface area contributed by atoms with Crippen LogP contribution in [0.3, 0.4) is 0 Å². The first-order valence-corrected chi connectivity index (χ1v) is 6.37. The highest BCUT2D eigenvalue weighted by Crippen LogP contribution is 2.21. The topological polar surface area (TPSA) is 60.3 Å². The highest BCUT2D eigenvalue weighted by atomic mass is 16.6. The van der Waals surface area contributed by atoms with E-state index in [1.165, 1.54) is 10.6 Å². The van der Waals surface area contributed by atoms with Crippen molar-refractivity contribution in [3.8, 4) is 0 Å². The fourth-order valence-electron chi connectivity index (χ4n) is 1.93. The van der Waals surface area contributed by atoms with E-state index in [2.05, 4.69) is 5.32 Å². The second-order valence-corrected chi connectivity index (χ2v) is 5.60. The zero-order valence-corrected chi connectivity index (χ0v) is 12.1. The number of carbonyl (C=O) groups is 1. The largest absolute Gasteiger partial charge is 0.444 e. The van der Waals surface area contributed by atoms with Gasteiger partial charge in [-0.3, -0.25) is 10.1 Å². The quantitative estimate of drug-likeness (QED) is 0.869. The summed E-state index contributed by atoms with van der Waals surface area (Å²) < 4.78 is 6.74. The second kappa shape index (κ2) is 5.00. The normalized spacial score (nSPS) is 11.4. The summed E-state index contributed by atoms with van der Waals surface area (Å²) in [6.07, 6.45) is -0.573. The molecular weight excluding hydrogens is 256 g/mol. The van der Waals surface area contributed by atoms with Gasteiger partial charge >= 0.3 is 6.09 Å². The lowest BCUT2D eigenvalue weighted by atomic mass is 10.2. The number of anilines is 1. The molecule has 0 spiro atoms. The summed E-state index contributed by atoms with van der Waals surface area (Å²) in [6.45, 7) is 5.36. The van der Waals surface area contributed by atoms with Gasteiger partial charge in [-0.05, 0) is 26.8 Å². The Hall–Kier alpha value is -2.30. The van der Waals surface area contributed by atoms with E-state index in [1.54, 1.807) is 27.8 Å². The van der Waals surface area contributed by atoms with Gasteiger partial charge in [-0.15, -0.1) is 0 Å². The molecule has 1 aromatic carbocycles. The Morgan fingerprint density at radius 2 is 1.90 bits per heavy atom. The molecule has 106 valence electrons. The van der Waals surface area contributed by atoms with Gasteiger partial charge in [-0.2, -0.15) is 0 Å². The molecule has 0 aliphatic carbocycles. The molecule has 0 atom stereocenters. The monoisotopic (exact) mass is 274 g/mol.